The highest BCUT2D eigenvalue weighted by molar-refractivity contribution is 9.10. The van der Waals surface area contributed by atoms with Crippen molar-refractivity contribution in [3.63, 3.8) is 0 Å². The van der Waals surface area contributed by atoms with E-state index in [1.165, 1.54) is 0 Å². The van der Waals surface area contributed by atoms with Gasteiger partial charge >= 0.3 is 0 Å². The minimum atomic E-state index is -0.331. The molecule has 0 saturated carbocycles. The van der Waals surface area contributed by atoms with E-state index >= 15 is 0 Å². The zero-order valence-corrected chi connectivity index (χ0v) is 18.1. The van der Waals surface area contributed by atoms with E-state index in [-0.39, 0.29) is 18.3 Å². The Morgan fingerprint density at radius 1 is 1.17 bits per heavy atom. The second kappa shape index (κ2) is 9.19. The SMILES string of the molecule is O=C(Nc1cccc(Cn2cc(Br)cn2)c1)c1ccc(COc2cccc(Cl)c2)o1. The van der Waals surface area contributed by atoms with E-state index in [9.17, 15) is 4.79 Å². The Morgan fingerprint density at radius 2 is 2.03 bits per heavy atom. The number of amides is 1. The second-order valence-electron chi connectivity index (χ2n) is 6.52. The van der Waals surface area contributed by atoms with Crippen molar-refractivity contribution in [3.05, 3.63) is 99.6 Å². The van der Waals surface area contributed by atoms with Crippen LogP contribution in [0.25, 0.3) is 0 Å². The maximum Gasteiger partial charge on any atom is 0.291 e. The number of rotatable bonds is 7. The molecule has 2 heterocycles. The molecule has 30 heavy (non-hydrogen) atoms. The highest BCUT2D eigenvalue weighted by Crippen LogP contribution is 2.20. The molecule has 0 fully saturated rings. The first-order valence-electron chi connectivity index (χ1n) is 9.10. The average molecular weight is 487 g/mol. The minimum Gasteiger partial charge on any atom is -0.486 e. The van der Waals surface area contributed by atoms with Gasteiger partial charge in [-0.25, -0.2) is 0 Å². The minimum absolute atomic E-state index is 0.197. The third kappa shape index (κ3) is 5.31. The van der Waals surface area contributed by atoms with Gasteiger partial charge in [0.1, 0.15) is 18.1 Å². The lowest BCUT2D eigenvalue weighted by Gasteiger charge is -2.07. The largest absolute Gasteiger partial charge is 0.486 e. The van der Waals surface area contributed by atoms with Crippen molar-refractivity contribution >= 4 is 39.1 Å². The molecule has 1 amide bonds. The maximum atomic E-state index is 12.5. The topological polar surface area (TPSA) is 69.3 Å². The quantitative estimate of drug-likeness (QED) is 0.360. The molecule has 0 radical (unpaired) electrons. The summed E-state index contributed by atoms with van der Waals surface area (Å²) in [6, 6.07) is 18.0. The van der Waals surface area contributed by atoms with Crippen molar-refractivity contribution in [1.82, 2.24) is 9.78 Å². The first kappa shape index (κ1) is 20.3. The summed E-state index contributed by atoms with van der Waals surface area (Å²) in [5.74, 6) is 1.05. The molecule has 0 aliphatic heterocycles. The van der Waals surface area contributed by atoms with E-state index in [1.807, 2.05) is 35.1 Å². The molecule has 0 aliphatic rings. The van der Waals surface area contributed by atoms with Crippen molar-refractivity contribution in [1.29, 1.82) is 0 Å². The number of anilines is 1. The predicted octanol–water partition coefficient (Wildman–Crippen LogP) is 5.77. The number of hydrogen-bond donors (Lipinski definition) is 1. The Kier molecular flexibility index (Phi) is 6.21. The number of furan rings is 1. The van der Waals surface area contributed by atoms with Gasteiger partial charge in [0.05, 0.1) is 17.2 Å². The number of carbonyl (C=O) groups excluding carboxylic acids is 1. The van der Waals surface area contributed by atoms with Crippen LogP contribution in [-0.2, 0) is 13.2 Å². The monoisotopic (exact) mass is 485 g/mol. The van der Waals surface area contributed by atoms with E-state index in [1.54, 1.807) is 42.6 Å². The number of ether oxygens (including phenoxy) is 1. The van der Waals surface area contributed by atoms with Gasteiger partial charge in [-0.1, -0.05) is 29.8 Å². The van der Waals surface area contributed by atoms with Crippen LogP contribution in [0, 0.1) is 0 Å². The van der Waals surface area contributed by atoms with Gasteiger partial charge in [0.25, 0.3) is 5.91 Å². The molecule has 2 aromatic heterocycles. The Balaban J connectivity index is 1.36. The van der Waals surface area contributed by atoms with Crippen molar-refractivity contribution < 1.29 is 13.9 Å². The number of hydrogen-bond acceptors (Lipinski definition) is 4. The van der Waals surface area contributed by atoms with E-state index in [0.717, 1.165) is 10.0 Å². The first-order chi connectivity index (χ1) is 14.5. The van der Waals surface area contributed by atoms with Gasteiger partial charge in [-0.3, -0.25) is 9.48 Å². The molecule has 0 spiro atoms. The van der Waals surface area contributed by atoms with Crippen LogP contribution in [0.1, 0.15) is 21.9 Å². The lowest BCUT2D eigenvalue weighted by atomic mass is 10.2. The van der Waals surface area contributed by atoms with Crippen LogP contribution >= 0.6 is 27.5 Å². The molecular formula is C22H17BrClN3O3. The fraction of sp³-hybridized carbons (Fsp3) is 0.0909. The molecule has 0 bridgehead atoms. The average Bonchev–Trinajstić information content (AvgIpc) is 3.36. The van der Waals surface area contributed by atoms with Crippen molar-refractivity contribution in [2.24, 2.45) is 0 Å². The Morgan fingerprint density at radius 3 is 2.83 bits per heavy atom. The molecule has 152 valence electrons. The zero-order chi connectivity index (χ0) is 20.9. The first-order valence-corrected chi connectivity index (χ1v) is 10.3. The molecule has 0 aliphatic carbocycles. The summed E-state index contributed by atoms with van der Waals surface area (Å²) >= 11 is 9.33. The zero-order valence-electron chi connectivity index (χ0n) is 15.7. The predicted molar refractivity (Wildman–Crippen MR) is 118 cm³/mol. The number of benzene rings is 2. The van der Waals surface area contributed by atoms with E-state index < -0.39 is 0 Å². The summed E-state index contributed by atoms with van der Waals surface area (Å²) in [6.45, 7) is 0.795. The van der Waals surface area contributed by atoms with Gasteiger partial charge in [-0.05, 0) is 64.0 Å². The lowest BCUT2D eigenvalue weighted by Crippen LogP contribution is -2.11. The van der Waals surface area contributed by atoms with Gasteiger partial charge in [0.15, 0.2) is 5.76 Å². The Bertz CT molecular complexity index is 1170. The van der Waals surface area contributed by atoms with Crippen LogP contribution in [0.5, 0.6) is 5.75 Å². The molecular weight excluding hydrogens is 470 g/mol. The molecule has 4 aromatic rings. The van der Waals surface area contributed by atoms with E-state index in [2.05, 4.69) is 26.3 Å². The Hall–Kier alpha value is -3.03. The third-order valence-electron chi connectivity index (χ3n) is 4.19. The summed E-state index contributed by atoms with van der Waals surface area (Å²) in [5, 5.41) is 7.69. The molecule has 0 atom stereocenters. The maximum absolute atomic E-state index is 12.5. The number of halogens is 2. The van der Waals surface area contributed by atoms with Gasteiger partial charge in [-0.15, -0.1) is 0 Å². The van der Waals surface area contributed by atoms with Crippen LogP contribution in [0.15, 0.2) is 81.9 Å². The third-order valence-corrected chi connectivity index (χ3v) is 4.84. The highest BCUT2D eigenvalue weighted by atomic mass is 79.9. The second-order valence-corrected chi connectivity index (χ2v) is 7.87. The standard InChI is InChI=1S/C22H17BrClN3O3/c23-16-11-25-27(13-16)12-15-3-1-5-18(9-15)26-22(28)21-8-7-20(30-21)14-29-19-6-2-4-17(24)10-19/h1-11,13H,12,14H2,(H,26,28). The molecule has 4 rings (SSSR count). The van der Waals surface area contributed by atoms with E-state index in [0.29, 0.717) is 28.8 Å². The number of nitrogens with one attached hydrogen (secondary N) is 1. The van der Waals surface area contributed by atoms with Gasteiger partial charge in [0.2, 0.25) is 0 Å². The summed E-state index contributed by atoms with van der Waals surface area (Å²) in [5.41, 5.74) is 1.69. The molecule has 1 N–H and O–H groups in total. The van der Waals surface area contributed by atoms with Crippen molar-refractivity contribution in [3.8, 4) is 5.75 Å². The van der Waals surface area contributed by atoms with Crippen molar-refractivity contribution in [2.45, 2.75) is 13.2 Å². The summed E-state index contributed by atoms with van der Waals surface area (Å²) in [4.78, 5) is 12.5. The summed E-state index contributed by atoms with van der Waals surface area (Å²) in [6.07, 6.45) is 3.62. The molecule has 0 saturated heterocycles. The lowest BCUT2D eigenvalue weighted by molar-refractivity contribution is 0.0992. The normalized spacial score (nSPS) is 10.7. The number of aromatic nitrogens is 2. The van der Waals surface area contributed by atoms with Crippen molar-refractivity contribution in [2.75, 3.05) is 5.32 Å². The van der Waals surface area contributed by atoms with Gasteiger partial charge in [0, 0.05) is 16.9 Å². The van der Waals surface area contributed by atoms with Gasteiger partial charge < -0.3 is 14.5 Å². The fourth-order valence-corrected chi connectivity index (χ4v) is 3.35. The summed E-state index contributed by atoms with van der Waals surface area (Å²) < 4.78 is 14.0. The highest BCUT2D eigenvalue weighted by Gasteiger charge is 2.12. The van der Waals surface area contributed by atoms with Crippen LogP contribution < -0.4 is 10.1 Å². The summed E-state index contributed by atoms with van der Waals surface area (Å²) in [7, 11) is 0. The number of nitrogens with zero attached hydrogens (tertiary/aromatic N) is 2. The molecule has 6 nitrogen and oxygen atoms in total. The van der Waals surface area contributed by atoms with Crippen LogP contribution in [0.2, 0.25) is 5.02 Å². The molecule has 8 heteroatoms. The van der Waals surface area contributed by atoms with Gasteiger partial charge in [-0.2, -0.15) is 5.10 Å². The van der Waals surface area contributed by atoms with E-state index in [4.69, 9.17) is 20.8 Å². The van der Waals surface area contributed by atoms with Crippen LogP contribution in [0.3, 0.4) is 0 Å². The molecule has 2 aromatic carbocycles. The number of carbonyl (C=O) groups is 1. The molecule has 0 unspecified atom stereocenters. The van der Waals surface area contributed by atoms with Crippen LogP contribution in [-0.4, -0.2) is 15.7 Å². The fourth-order valence-electron chi connectivity index (χ4n) is 2.84. The van der Waals surface area contributed by atoms with Crippen LogP contribution in [0.4, 0.5) is 5.69 Å². The smallest absolute Gasteiger partial charge is 0.291 e. The Labute approximate surface area is 186 Å².